The van der Waals surface area contributed by atoms with E-state index in [2.05, 4.69) is 10.6 Å². The van der Waals surface area contributed by atoms with Crippen LogP contribution in [0.2, 0.25) is 5.02 Å². The van der Waals surface area contributed by atoms with E-state index in [1.165, 1.54) is 0 Å². The van der Waals surface area contributed by atoms with Gasteiger partial charge in [-0.3, -0.25) is 0 Å². The number of anilines is 1. The summed E-state index contributed by atoms with van der Waals surface area (Å²) in [6.45, 7) is 2.36. The van der Waals surface area contributed by atoms with E-state index in [0.29, 0.717) is 35.2 Å². The lowest BCUT2D eigenvalue weighted by molar-refractivity contribution is 0.252. The molecule has 0 atom stereocenters. The molecule has 0 unspecified atom stereocenters. The standard InChI is InChI=1S/C18H21ClN2O3/c1-12-14(19)5-4-6-15(12)21-18(22)20-10-9-13-7-8-16(23-2)17(11-13)24-3/h4-8,11H,9-10H2,1-3H3,(H2,20,21,22). The molecule has 2 aromatic rings. The van der Waals surface area contributed by atoms with Gasteiger partial charge in [-0.05, 0) is 48.7 Å². The van der Waals surface area contributed by atoms with Crippen molar-refractivity contribution in [2.24, 2.45) is 0 Å². The van der Waals surface area contributed by atoms with Gasteiger partial charge in [0.15, 0.2) is 11.5 Å². The van der Waals surface area contributed by atoms with Crippen LogP contribution in [0.4, 0.5) is 10.5 Å². The number of benzene rings is 2. The topological polar surface area (TPSA) is 59.6 Å². The molecule has 0 saturated carbocycles. The van der Waals surface area contributed by atoms with E-state index >= 15 is 0 Å². The number of urea groups is 1. The molecule has 2 rings (SSSR count). The minimum atomic E-state index is -0.263. The van der Waals surface area contributed by atoms with Crippen LogP contribution in [0.15, 0.2) is 36.4 Å². The quantitative estimate of drug-likeness (QED) is 0.828. The van der Waals surface area contributed by atoms with E-state index in [1.807, 2.05) is 31.2 Å². The lowest BCUT2D eigenvalue weighted by Crippen LogP contribution is -2.30. The van der Waals surface area contributed by atoms with Crippen molar-refractivity contribution < 1.29 is 14.3 Å². The molecule has 0 spiro atoms. The number of methoxy groups -OCH3 is 2. The zero-order chi connectivity index (χ0) is 17.5. The van der Waals surface area contributed by atoms with E-state index in [0.717, 1.165) is 11.1 Å². The predicted molar refractivity (Wildman–Crippen MR) is 96.5 cm³/mol. The summed E-state index contributed by atoms with van der Waals surface area (Å²) >= 11 is 6.04. The van der Waals surface area contributed by atoms with Gasteiger partial charge in [0.25, 0.3) is 0 Å². The highest BCUT2D eigenvalue weighted by Gasteiger charge is 2.07. The van der Waals surface area contributed by atoms with Crippen LogP contribution in [0.5, 0.6) is 11.5 Å². The lowest BCUT2D eigenvalue weighted by atomic mass is 10.1. The molecule has 2 N–H and O–H groups in total. The Balaban J connectivity index is 1.87. The highest BCUT2D eigenvalue weighted by atomic mass is 35.5. The van der Waals surface area contributed by atoms with Crippen molar-refractivity contribution in [3.63, 3.8) is 0 Å². The number of hydrogen-bond donors (Lipinski definition) is 2. The summed E-state index contributed by atoms with van der Waals surface area (Å²) in [4.78, 5) is 12.0. The highest BCUT2D eigenvalue weighted by molar-refractivity contribution is 6.31. The van der Waals surface area contributed by atoms with Crippen LogP contribution >= 0.6 is 11.6 Å². The maximum Gasteiger partial charge on any atom is 0.319 e. The molecule has 0 heterocycles. The van der Waals surface area contributed by atoms with Crippen LogP contribution in [0.3, 0.4) is 0 Å². The van der Waals surface area contributed by atoms with Crippen molar-refractivity contribution in [1.82, 2.24) is 5.32 Å². The molecule has 6 heteroatoms. The molecule has 2 amide bonds. The van der Waals surface area contributed by atoms with E-state index in [-0.39, 0.29) is 6.03 Å². The Labute approximate surface area is 146 Å². The summed E-state index contributed by atoms with van der Waals surface area (Å²) in [7, 11) is 3.20. The van der Waals surface area contributed by atoms with E-state index in [1.54, 1.807) is 26.4 Å². The Bertz CT molecular complexity index is 719. The van der Waals surface area contributed by atoms with Crippen LogP contribution in [-0.2, 0) is 6.42 Å². The molecule has 0 bridgehead atoms. The molecular weight excluding hydrogens is 328 g/mol. The van der Waals surface area contributed by atoms with Gasteiger partial charge in [0, 0.05) is 17.3 Å². The third-order valence-corrected chi connectivity index (χ3v) is 4.07. The Morgan fingerprint density at radius 3 is 2.58 bits per heavy atom. The van der Waals surface area contributed by atoms with Crippen LogP contribution in [-0.4, -0.2) is 26.8 Å². The minimum absolute atomic E-state index is 0.263. The van der Waals surface area contributed by atoms with Crippen molar-refractivity contribution in [1.29, 1.82) is 0 Å². The Kier molecular flexibility index (Phi) is 6.32. The van der Waals surface area contributed by atoms with Crippen LogP contribution < -0.4 is 20.1 Å². The van der Waals surface area contributed by atoms with Gasteiger partial charge in [-0.2, -0.15) is 0 Å². The fourth-order valence-corrected chi connectivity index (χ4v) is 2.44. The predicted octanol–water partition coefficient (Wildman–Crippen LogP) is 4.03. The first-order chi connectivity index (χ1) is 11.5. The van der Waals surface area contributed by atoms with Gasteiger partial charge < -0.3 is 20.1 Å². The minimum Gasteiger partial charge on any atom is -0.493 e. The van der Waals surface area contributed by atoms with Gasteiger partial charge in [-0.25, -0.2) is 4.79 Å². The molecule has 0 aliphatic rings. The van der Waals surface area contributed by atoms with Gasteiger partial charge in [0.2, 0.25) is 0 Å². The fraction of sp³-hybridized carbons (Fsp3) is 0.278. The Morgan fingerprint density at radius 2 is 1.88 bits per heavy atom. The zero-order valence-electron chi connectivity index (χ0n) is 14.0. The number of nitrogens with one attached hydrogen (secondary N) is 2. The van der Waals surface area contributed by atoms with Gasteiger partial charge in [0.05, 0.1) is 14.2 Å². The second kappa shape index (κ2) is 8.45. The molecule has 5 nitrogen and oxygen atoms in total. The Hall–Kier alpha value is -2.40. The number of carbonyl (C=O) groups is 1. The van der Waals surface area contributed by atoms with Crippen LogP contribution in [0, 0.1) is 6.92 Å². The van der Waals surface area contributed by atoms with Gasteiger partial charge in [-0.1, -0.05) is 23.7 Å². The number of hydrogen-bond acceptors (Lipinski definition) is 3. The molecule has 0 fully saturated rings. The largest absolute Gasteiger partial charge is 0.493 e. The summed E-state index contributed by atoms with van der Waals surface area (Å²) in [6, 6.07) is 10.8. The summed E-state index contributed by atoms with van der Waals surface area (Å²) < 4.78 is 10.5. The zero-order valence-corrected chi connectivity index (χ0v) is 14.7. The first-order valence-corrected chi connectivity index (χ1v) is 7.93. The lowest BCUT2D eigenvalue weighted by Gasteiger charge is -2.12. The smallest absolute Gasteiger partial charge is 0.319 e. The van der Waals surface area contributed by atoms with Crippen molar-refractivity contribution in [3.8, 4) is 11.5 Å². The molecule has 0 aliphatic heterocycles. The van der Waals surface area contributed by atoms with Crippen molar-refractivity contribution in [3.05, 3.63) is 52.5 Å². The van der Waals surface area contributed by atoms with Crippen molar-refractivity contribution in [2.75, 3.05) is 26.1 Å². The molecule has 128 valence electrons. The summed E-state index contributed by atoms with van der Waals surface area (Å²) in [5.41, 5.74) is 2.59. The van der Waals surface area contributed by atoms with E-state index in [9.17, 15) is 4.79 Å². The maximum atomic E-state index is 12.0. The molecule has 0 saturated heterocycles. The molecular formula is C18H21ClN2O3. The number of amides is 2. The first kappa shape index (κ1) is 17.9. The van der Waals surface area contributed by atoms with Gasteiger partial charge in [0.1, 0.15) is 0 Å². The number of ether oxygens (including phenoxy) is 2. The van der Waals surface area contributed by atoms with Gasteiger partial charge >= 0.3 is 6.03 Å². The second-order valence-corrected chi connectivity index (χ2v) is 5.64. The third kappa shape index (κ3) is 4.55. The van der Waals surface area contributed by atoms with Crippen LogP contribution in [0.1, 0.15) is 11.1 Å². The Morgan fingerprint density at radius 1 is 1.12 bits per heavy atom. The van der Waals surface area contributed by atoms with Gasteiger partial charge in [-0.15, -0.1) is 0 Å². The van der Waals surface area contributed by atoms with Crippen LogP contribution in [0.25, 0.3) is 0 Å². The molecule has 0 aliphatic carbocycles. The monoisotopic (exact) mass is 348 g/mol. The fourth-order valence-electron chi connectivity index (χ4n) is 2.27. The summed E-state index contributed by atoms with van der Waals surface area (Å²) in [5, 5.41) is 6.25. The number of halogens is 1. The first-order valence-electron chi connectivity index (χ1n) is 7.56. The third-order valence-electron chi connectivity index (χ3n) is 3.66. The average molecular weight is 349 g/mol. The highest BCUT2D eigenvalue weighted by Crippen LogP contribution is 2.27. The summed E-state index contributed by atoms with van der Waals surface area (Å²) in [5.74, 6) is 1.36. The number of rotatable bonds is 6. The number of carbonyl (C=O) groups excluding carboxylic acids is 1. The average Bonchev–Trinajstić information content (AvgIpc) is 2.58. The summed E-state index contributed by atoms with van der Waals surface area (Å²) in [6.07, 6.45) is 0.683. The molecule has 0 radical (unpaired) electrons. The SMILES string of the molecule is COc1ccc(CCNC(=O)Nc2cccc(Cl)c2C)cc1OC. The van der Waals surface area contributed by atoms with E-state index < -0.39 is 0 Å². The van der Waals surface area contributed by atoms with Crippen molar-refractivity contribution >= 4 is 23.3 Å². The second-order valence-electron chi connectivity index (χ2n) is 5.23. The molecule has 2 aromatic carbocycles. The molecule has 24 heavy (non-hydrogen) atoms. The maximum absolute atomic E-state index is 12.0. The van der Waals surface area contributed by atoms with E-state index in [4.69, 9.17) is 21.1 Å². The molecule has 0 aromatic heterocycles. The van der Waals surface area contributed by atoms with Crippen molar-refractivity contribution in [2.45, 2.75) is 13.3 Å². The normalized spacial score (nSPS) is 10.2.